The van der Waals surface area contributed by atoms with Crippen molar-refractivity contribution in [2.45, 2.75) is 6.42 Å². The summed E-state index contributed by atoms with van der Waals surface area (Å²) in [6.45, 7) is 0.669. The van der Waals surface area contributed by atoms with Crippen LogP contribution < -0.4 is 4.74 Å². The average molecular weight is 182 g/mol. The molecule has 2 rings (SSSR count). The second-order valence-corrected chi connectivity index (χ2v) is 2.79. The molecule has 0 fully saturated rings. The first-order chi connectivity index (χ1) is 5.92. The second kappa shape index (κ2) is 3.15. The number of hydrogen-bond acceptors (Lipinski definition) is 2. The Balaban J connectivity index is 2.51. The highest BCUT2D eigenvalue weighted by atomic mass is 35.5. The maximum Gasteiger partial charge on any atom is 0.128 e. The smallest absolute Gasteiger partial charge is 0.128 e. The summed E-state index contributed by atoms with van der Waals surface area (Å²) in [6, 6.07) is 7.79. The minimum Gasteiger partial charge on any atom is -0.492 e. The van der Waals surface area contributed by atoms with E-state index >= 15 is 0 Å². The van der Waals surface area contributed by atoms with Crippen molar-refractivity contribution in [3.8, 4) is 5.75 Å². The molecule has 1 aliphatic heterocycles. The van der Waals surface area contributed by atoms with Crippen LogP contribution in [-0.4, -0.2) is 12.3 Å². The molecule has 3 heteroatoms. The van der Waals surface area contributed by atoms with E-state index in [0.29, 0.717) is 6.61 Å². The summed E-state index contributed by atoms with van der Waals surface area (Å²) in [6.07, 6.45) is 0.792. The van der Waals surface area contributed by atoms with Crippen molar-refractivity contribution >= 4 is 17.5 Å². The monoisotopic (exact) mass is 181 g/mol. The third-order valence-corrected chi connectivity index (χ3v) is 2.10. The number of para-hydroxylation sites is 1. The normalized spacial score (nSPS) is 18.6. The lowest BCUT2D eigenvalue weighted by atomic mass is 10.0. The topological polar surface area (TPSA) is 21.6 Å². The fraction of sp³-hybridized carbons (Fsp3) is 0.222. The Kier molecular flexibility index (Phi) is 2.00. The summed E-state index contributed by atoms with van der Waals surface area (Å²) < 4.78 is 9.11. The molecule has 0 aromatic heterocycles. The molecule has 0 radical (unpaired) electrons. The minimum absolute atomic E-state index is 0.669. The molecule has 1 aromatic rings. The van der Waals surface area contributed by atoms with Gasteiger partial charge in [-0.15, -0.1) is 0 Å². The fourth-order valence-electron chi connectivity index (χ4n) is 1.31. The van der Waals surface area contributed by atoms with Gasteiger partial charge in [-0.2, -0.15) is 4.51 Å². The van der Waals surface area contributed by atoms with Crippen molar-refractivity contribution in [1.29, 1.82) is 0 Å². The summed E-state index contributed by atoms with van der Waals surface area (Å²) in [4.78, 5) is 0. The summed E-state index contributed by atoms with van der Waals surface area (Å²) in [5.41, 5.74) is 1.93. The average Bonchev–Trinajstić information content (AvgIpc) is 2.17. The first kappa shape index (κ1) is 7.62. The van der Waals surface area contributed by atoms with E-state index in [9.17, 15) is 0 Å². The lowest BCUT2D eigenvalue weighted by Crippen LogP contribution is -2.15. The van der Waals surface area contributed by atoms with E-state index in [1.165, 1.54) is 0 Å². The predicted molar refractivity (Wildman–Crippen MR) is 48.9 cm³/mol. The van der Waals surface area contributed by atoms with Gasteiger partial charge >= 0.3 is 0 Å². The number of hydrogen-bond donors (Lipinski definition) is 0. The third kappa shape index (κ3) is 1.18. The van der Waals surface area contributed by atoms with E-state index in [4.69, 9.17) is 16.5 Å². The van der Waals surface area contributed by atoms with Crippen LogP contribution in [0, 0.1) is 0 Å². The van der Waals surface area contributed by atoms with Gasteiger partial charge in [0.1, 0.15) is 5.75 Å². The zero-order valence-corrected chi connectivity index (χ0v) is 7.21. The number of fused-ring (bicyclic) bond motifs is 1. The van der Waals surface area contributed by atoms with Crippen LogP contribution >= 0.6 is 11.8 Å². The first-order valence-electron chi connectivity index (χ1n) is 3.82. The predicted octanol–water partition coefficient (Wildman–Crippen LogP) is 2.41. The summed E-state index contributed by atoms with van der Waals surface area (Å²) >= 11 is 5.44. The van der Waals surface area contributed by atoms with E-state index in [1.807, 2.05) is 24.3 Å². The van der Waals surface area contributed by atoms with Gasteiger partial charge in [0, 0.05) is 23.8 Å². The molecule has 0 N–H and O–H groups in total. The second-order valence-electron chi connectivity index (χ2n) is 2.63. The quantitative estimate of drug-likeness (QED) is 0.603. The van der Waals surface area contributed by atoms with Crippen LogP contribution in [0.2, 0.25) is 0 Å². The van der Waals surface area contributed by atoms with Gasteiger partial charge in [0.05, 0.1) is 12.3 Å². The minimum atomic E-state index is 0.669. The molecule has 0 aliphatic carbocycles. The standard InChI is InChI=1S/C9H8ClNO/c10-11-8-5-6-12-9-4-2-1-3-7(8)9/h1-4H,5-6H2. The molecule has 0 saturated heterocycles. The lowest BCUT2D eigenvalue weighted by Gasteiger charge is -2.17. The Morgan fingerprint density at radius 3 is 3.00 bits per heavy atom. The van der Waals surface area contributed by atoms with E-state index in [0.717, 1.165) is 23.4 Å². The molecule has 0 amide bonds. The zero-order chi connectivity index (χ0) is 8.39. The molecule has 0 atom stereocenters. The van der Waals surface area contributed by atoms with Gasteiger partial charge in [0.2, 0.25) is 0 Å². The van der Waals surface area contributed by atoms with Gasteiger partial charge in [-0.1, -0.05) is 12.1 Å². The zero-order valence-electron chi connectivity index (χ0n) is 6.46. The van der Waals surface area contributed by atoms with Crippen LogP contribution in [0.15, 0.2) is 28.8 Å². The van der Waals surface area contributed by atoms with Gasteiger partial charge in [-0.05, 0) is 12.1 Å². The highest BCUT2D eigenvalue weighted by Gasteiger charge is 2.14. The summed E-state index contributed by atoms with van der Waals surface area (Å²) in [5, 5.41) is 0. The summed E-state index contributed by atoms with van der Waals surface area (Å²) in [7, 11) is 0. The number of benzene rings is 1. The molecule has 1 aliphatic rings. The number of rotatable bonds is 0. The van der Waals surface area contributed by atoms with E-state index < -0.39 is 0 Å². The van der Waals surface area contributed by atoms with Crippen LogP contribution in [0.4, 0.5) is 0 Å². The van der Waals surface area contributed by atoms with Crippen LogP contribution in [0.5, 0.6) is 5.75 Å². The van der Waals surface area contributed by atoms with E-state index in [-0.39, 0.29) is 0 Å². The van der Waals surface area contributed by atoms with E-state index in [1.54, 1.807) is 0 Å². The van der Waals surface area contributed by atoms with Gasteiger partial charge in [0.15, 0.2) is 0 Å². The Labute approximate surface area is 75.9 Å². The molecule has 1 aromatic carbocycles. The third-order valence-electron chi connectivity index (χ3n) is 1.90. The van der Waals surface area contributed by atoms with Crippen LogP contribution in [0.1, 0.15) is 12.0 Å². The van der Waals surface area contributed by atoms with Crippen molar-refractivity contribution in [1.82, 2.24) is 0 Å². The maximum atomic E-state index is 5.44. The van der Waals surface area contributed by atoms with Gasteiger partial charge in [0.25, 0.3) is 0 Å². The van der Waals surface area contributed by atoms with Crippen molar-refractivity contribution in [3.05, 3.63) is 29.8 Å². The number of ether oxygens (including phenoxy) is 1. The fourth-order valence-corrected chi connectivity index (χ4v) is 1.49. The molecular formula is C9H8ClNO. The Hall–Kier alpha value is -1.02. The molecule has 0 unspecified atom stereocenters. The molecule has 2 nitrogen and oxygen atoms in total. The van der Waals surface area contributed by atoms with Gasteiger partial charge < -0.3 is 4.74 Å². The van der Waals surface area contributed by atoms with E-state index in [2.05, 4.69) is 4.51 Å². The first-order valence-corrected chi connectivity index (χ1v) is 4.15. The van der Waals surface area contributed by atoms with Crippen molar-refractivity contribution in [3.63, 3.8) is 0 Å². The SMILES string of the molecule is ClN=C1CCOc2ccccc21. The maximum absolute atomic E-state index is 5.44. The van der Waals surface area contributed by atoms with Gasteiger partial charge in [-0.3, -0.25) is 0 Å². The molecule has 12 heavy (non-hydrogen) atoms. The number of nitrogens with zero attached hydrogens (tertiary/aromatic N) is 1. The van der Waals surface area contributed by atoms with Crippen molar-refractivity contribution in [2.75, 3.05) is 6.61 Å². The van der Waals surface area contributed by atoms with Crippen LogP contribution in [0.3, 0.4) is 0 Å². The van der Waals surface area contributed by atoms with Crippen molar-refractivity contribution < 1.29 is 4.74 Å². The molecule has 62 valence electrons. The van der Waals surface area contributed by atoms with Crippen LogP contribution in [0.25, 0.3) is 0 Å². The van der Waals surface area contributed by atoms with Crippen LogP contribution in [-0.2, 0) is 0 Å². The summed E-state index contributed by atoms with van der Waals surface area (Å²) in [5.74, 6) is 0.878. The molecule has 0 spiro atoms. The van der Waals surface area contributed by atoms with Gasteiger partial charge in [-0.25, -0.2) is 0 Å². The highest BCUT2D eigenvalue weighted by Crippen LogP contribution is 2.24. The van der Waals surface area contributed by atoms with Crippen molar-refractivity contribution in [2.24, 2.45) is 4.51 Å². The molecule has 0 saturated carbocycles. The molecule has 0 bridgehead atoms. The Bertz CT molecular complexity index is 322. The largest absolute Gasteiger partial charge is 0.492 e. The highest BCUT2D eigenvalue weighted by molar-refractivity contribution is 6.23. The lowest BCUT2D eigenvalue weighted by molar-refractivity contribution is 0.320. The Morgan fingerprint density at radius 2 is 2.17 bits per heavy atom. The molecular weight excluding hydrogens is 174 g/mol. The Morgan fingerprint density at radius 1 is 1.33 bits per heavy atom. The number of halogens is 1. The molecule has 1 heterocycles.